The SMILES string of the molecule is Fc1cc(-c2c(F)cccc2F)ccc1Cl. The highest BCUT2D eigenvalue weighted by molar-refractivity contribution is 6.30. The Labute approximate surface area is 95.3 Å². The summed E-state index contributed by atoms with van der Waals surface area (Å²) in [5.41, 5.74) is -0.129. The molecule has 0 spiro atoms. The summed E-state index contributed by atoms with van der Waals surface area (Å²) in [4.78, 5) is 0. The largest absolute Gasteiger partial charge is 0.206 e. The third-order valence-electron chi connectivity index (χ3n) is 2.17. The Kier molecular flexibility index (Phi) is 2.88. The summed E-state index contributed by atoms with van der Waals surface area (Å²) in [6, 6.07) is 7.12. The van der Waals surface area contributed by atoms with Crippen LogP contribution in [0.4, 0.5) is 13.2 Å². The van der Waals surface area contributed by atoms with Crippen LogP contribution >= 0.6 is 11.6 Å². The quantitative estimate of drug-likeness (QED) is 0.694. The number of hydrogen-bond donors (Lipinski definition) is 0. The molecule has 0 atom stereocenters. The van der Waals surface area contributed by atoms with Crippen LogP contribution in [0.2, 0.25) is 5.02 Å². The van der Waals surface area contributed by atoms with E-state index in [2.05, 4.69) is 0 Å². The molecule has 0 nitrogen and oxygen atoms in total. The van der Waals surface area contributed by atoms with Gasteiger partial charge in [-0.15, -0.1) is 0 Å². The van der Waals surface area contributed by atoms with E-state index in [1.807, 2.05) is 0 Å². The van der Waals surface area contributed by atoms with Gasteiger partial charge in [-0.25, -0.2) is 13.2 Å². The second-order valence-corrected chi connectivity index (χ2v) is 3.63. The molecule has 0 N–H and O–H groups in total. The van der Waals surface area contributed by atoms with Crippen molar-refractivity contribution in [3.8, 4) is 11.1 Å². The summed E-state index contributed by atoms with van der Waals surface area (Å²) in [6.45, 7) is 0. The molecule has 2 rings (SSSR count). The molecule has 82 valence electrons. The lowest BCUT2D eigenvalue weighted by Crippen LogP contribution is -1.90. The van der Waals surface area contributed by atoms with Gasteiger partial charge in [-0.2, -0.15) is 0 Å². The zero-order chi connectivity index (χ0) is 11.7. The third kappa shape index (κ3) is 1.91. The molecular weight excluding hydrogens is 237 g/mol. The lowest BCUT2D eigenvalue weighted by atomic mass is 10.0. The van der Waals surface area contributed by atoms with Gasteiger partial charge in [0, 0.05) is 0 Å². The third-order valence-corrected chi connectivity index (χ3v) is 2.48. The molecule has 2 aromatic carbocycles. The van der Waals surface area contributed by atoms with Gasteiger partial charge < -0.3 is 0 Å². The molecule has 16 heavy (non-hydrogen) atoms. The minimum atomic E-state index is -0.735. The molecule has 0 radical (unpaired) electrons. The first-order valence-electron chi connectivity index (χ1n) is 4.49. The summed E-state index contributed by atoms with van der Waals surface area (Å²) in [5, 5.41) is -0.0829. The Morgan fingerprint density at radius 1 is 0.812 bits per heavy atom. The van der Waals surface area contributed by atoms with E-state index in [0.29, 0.717) is 0 Å². The lowest BCUT2D eigenvalue weighted by molar-refractivity contribution is 0.588. The average molecular weight is 243 g/mol. The van der Waals surface area contributed by atoms with E-state index in [1.165, 1.54) is 18.2 Å². The fourth-order valence-electron chi connectivity index (χ4n) is 1.43. The second-order valence-electron chi connectivity index (χ2n) is 3.23. The zero-order valence-corrected chi connectivity index (χ0v) is 8.73. The van der Waals surface area contributed by atoms with Gasteiger partial charge in [0.15, 0.2) is 0 Å². The number of hydrogen-bond acceptors (Lipinski definition) is 0. The second kappa shape index (κ2) is 4.18. The van der Waals surface area contributed by atoms with Crippen molar-refractivity contribution in [2.24, 2.45) is 0 Å². The van der Waals surface area contributed by atoms with Crippen LogP contribution in [-0.2, 0) is 0 Å². The van der Waals surface area contributed by atoms with Gasteiger partial charge in [-0.05, 0) is 29.8 Å². The number of benzene rings is 2. The molecule has 0 saturated heterocycles. The predicted molar refractivity (Wildman–Crippen MR) is 56.8 cm³/mol. The van der Waals surface area contributed by atoms with E-state index >= 15 is 0 Å². The molecule has 0 saturated carbocycles. The van der Waals surface area contributed by atoms with Crippen LogP contribution in [0.15, 0.2) is 36.4 Å². The maximum atomic E-state index is 13.4. The van der Waals surface area contributed by atoms with Gasteiger partial charge >= 0.3 is 0 Å². The van der Waals surface area contributed by atoms with Crippen molar-refractivity contribution < 1.29 is 13.2 Å². The molecule has 4 heteroatoms. The van der Waals surface area contributed by atoms with E-state index in [4.69, 9.17) is 11.6 Å². The zero-order valence-electron chi connectivity index (χ0n) is 7.98. The first kappa shape index (κ1) is 11.0. The molecule has 0 bridgehead atoms. The van der Waals surface area contributed by atoms with Crippen LogP contribution in [0.25, 0.3) is 11.1 Å². The van der Waals surface area contributed by atoms with Gasteiger partial charge in [0.25, 0.3) is 0 Å². The van der Waals surface area contributed by atoms with Gasteiger partial charge in [-0.1, -0.05) is 23.7 Å². The molecule has 0 aromatic heterocycles. The van der Waals surface area contributed by atoms with Crippen molar-refractivity contribution >= 4 is 11.6 Å². The van der Waals surface area contributed by atoms with Gasteiger partial charge in [0.2, 0.25) is 0 Å². The van der Waals surface area contributed by atoms with Crippen LogP contribution in [0.3, 0.4) is 0 Å². The Hall–Kier alpha value is -1.48. The van der Waals surface area contributed by atoms with Gasteiger partial charge in [0.1, 0.15) is 17.5 Å². The number of rotatable bonds is 1. The maximum absolute atomic E-state index is 13.4. The Morgan fingerprint density at radius 2 is 1.44 bits per heavy atom. The maximum Gasteiger partial charge on any atom is 0.142 e. The van der Waals surface area contributed by atoms with Crippen molar-refractivity contribution in [3.63, 3.8) is 0 Å². The van der Waals surface area contributed by atoms with E-state index in [9.17, 15) is 13.2 Å². The topological polar surface area (TPSA) is 0 Å². The summed E-state index contributed by atoms with van der Waals surface area (Å²) in [5.74, 6) is -2.18. The standard InChI is InChI=1S/C12H6ClF3/c13-8-5-4-7(6-11(8)16)12-9(14)2-1-3-10(12)15/h1-6H. The monoisotopic (exact) mass is 242 g/mol. The molecule has 0 aliphatic carbocycles. The van der Waals surface area contributed by atoms with Crippen LogP contribution in [0.1, 0.15) is 0 Å². The van der Waals surface area contributed by atoms with Crippen molar-refractivity contribution in [2.75, 3.05) is 0 Å². The summed E-state index contributed by atoms with van der Waals surface area (Å²) in [6.07, 6.45) is 0. The Morgan fingerprint density at radius 3 is 2.00 bits per heavy atom. The molecule has 0 aliphatic heterocycles. The fraction of sp³-hybridized carbons (Fsp3) is 0. The highest BCUT2D eigenvalue weighted by atomic mass is 35.5. The minimum absolute atomic E-state index is 0.0829. The molecule has 2 aromatic rings. The first-order chi connectivity index (χ1) is 7.59. The fourth-order valence-corrected chi connectivity index (χ4v) is 1.54. The Balaban J connectivity index is 2.63. The minimum Gasteiger partial charge on any atom is -0.206 e. The number of halogens is 4. The molecule has 0 unspecified atom stereocenters. The molecule has 0 heterocycles. The van der Waals surface area contributed by atoms with E-state index in [1.54, 1.807) is 0 Å². The van der Waals surface area contributed by atoms with E-state index in [0.717, 1.165) is 18.2 Å². The van der Waals surface area contributed by atoms with Crippen LogP contribution in [0, 0.1) is 17.5 Å². The smallest absolute Gasteiger partial charge is 0.142 e. The highest BCUT2D eigenvalue weighted by Gasteiger charge is 2.12. The molecule has 0 amide bonds. The Bertz CT molecular complexity index is 518. The van der Waals surface area contributed by atoms with E-state index < -0.39 is 17.5 Å². The summed E-state index contributed by atoms with van der Waals surface area (Å²) in [7, 11) is 0. The predicted octanol–water partition coefficient (Wildman–Crippen LogP) is 4.42. The average Bonchev–Trinajstić information content (AvgIpc) is 2.23. The summed E-state index contributed by atoms with van der Waals surface area (Å²) >= 11 is 5.49. The van der Waals surface area contributed by atoms with Crippen molar-refractivity contribution in [1.29, 1.82) is 0 Å². The lowest BCUT2D eigenvalue weighted by Gasteiger charge is -2.05. The normalized spacial score (nSPS) is 10.5. The molecular formula is C12H6ClF3. The summed E-state index contributed by atoms with van der Waals surface area (Å²) < 4.78 is 39.9. The van der Waals surface area contributed by atoms with Gasteiger partial charge in [0.05, 0.1) is 10.6 Å². The first-order valence-corrected chi connectivity index (χ1v) is 4.87. The van der Waals surface area contributed by atoms with Crippen molar-refractivity contribution in [3.05, 3.63) is 58.9 Å². The van der Waals surface area contributed by atoms with E-state index in [-0.39, 0.29) is 16.1 Å². The molecule has 0 fully saturated rings. The van der Waals surface area contributed by atoms with Gasteiger partial charge in [-0.3, -0.25) is 0 Å². The van der Waals surface area contributed by atoms with Crippen LogP contribution < -0.4 is 0 Å². The molecule has 0 aliphatic rings. The van der Waals surface area contributed by atoms with Crippen molar-refractivity contribution in [2.45, 2.75) is 0 Å². The van der Waals surface area contributed by atoms with Crippen LogP contribution in [-0.4, -0.2) is 0 Å². The van der Waals surface area contributed by atoms with Crippen molar-refractivity contribution in [1.82, 2.24) is 0 Å². The van der Waals surface area contributed by atoms with Crippen LogP contribution in [0.5, 0.6) is 0 Å². The highest BCUT2D eigenvalue weighted by Crippen LogP contribution is 2.28.